The highest BCUT2D eigenvalue weighted by atomic mass is 35.5. The molecule has 1 aliphatic heterocycles. The van der Waals surface area contributed by atoms with Crippen LogP contribution in [-0.2, 0) is 0 Å². The topological polar surface area (TPSA) is 41.1 Å². The van der Waals surface area contributed by atoms with E-state index in [-0.39, 0.29) is 22.5 Å². The highest BCUT2D eigenvalue weighted by Crippen LogP contribution is 2.21. The SMILES string of the molecule is CC1CNCCC1NC(=O)c1cc(F)c(F)cc1Cl. The van der Waals surface area contributed by atoms with E-state index in [1.807, 2.05) is 6.92 Å². The Morgan fingerprint density at radius 2 is 2.11 bits per heavy atom. The molecular formula is C13H15ClF2N2O. The Morgan fingerprint density at radius 3 is 2.79 bits per heavy atom. The standard InChI is InChI=1S/C13H15ClF2N2O/c1-7-6-17-3-2-12(7)18-13(19)8-4-10(15)11(16)5-9(8)14/h4-5,7,12,17H,2-3,6H2,1H3,(H,18,19). The van der Waals surface area contributed by atoms with Gasteiger partial charge in [-0.1, -0.05) is 18.5 Å². The molecule has 1 aromatic rings. The van der Waals surface area contributed by atoms with Gasteiger partial charge in [0.15, 0.2) is 11.6 Å². The molecule has 104 valence electrons. The minimum absolute atomic E-state index is 0.0120. The van der Waals surface area contributed by atoms with E-state index < -0.39 is 17.5 Å². The van der Waals surface area contributed by atoms with Crippen LogP contribution in [0.25, 0.3) is 0 Å². The summed E-state index contributed by atoms with van der Waals surface area (Å²) in [7, 11) is 0. The van der Waals surface area contributed by atoms with E-state index in [9.17, 15) is 13.6 Å². The molecule has 19 heavy (non-hydrogen) atoms. The summed E-state index contributed by atoms with van der Waals surface area (Å²) in [5.74, 6) is -2.32. The largest absolute Gasteiger partial charge is 0.349 e. The molecule has 2 atom stereocenters. The molecule has 0 spiro atoms. The molecule has 1 aliphatic rings. The van der Waals surface area contributed by atoms with Gasteiger partial charge in [-0.05, 0) is 37.6 Å². The van der Waals surface area contributed by atoms with Crippen molar-refractivity contribution in [1.29, 1.82) is 0 Å². The van der Waals surface area contributed by atoms with E-state index >= 15 is 0 Å². The fourth-order valence-corrected chi connectivity index (χ4v) is 2.41. The van der Waals surface area contributed by atoms with Crippen molar-refractivity contribution in [2.75, 3.05) is 13.1 Å². The highest BCUT2D eigenvalue weighted by Gasteiger charge is 2.24. The van der Waals surface area contributed by atoms with Crippen molar-refractivity contribution >= 4 is 17.5 Å². The normalized spacial score (nSPS) is 23.2. The number of carbonyl (C=O) groups is 1. The lowest BCUT2D eigenvalue weighted by molar-refractivity contribution is 0.0914. The van der Waals surface area contributed by atoms with Crippen LogP contribution in [-0.4, -0.2) is 25.0 Å². The summed E-state index contributed by atoms with van der Waals surface area (Å²) in [5, 5.41) is 5.95. The second-order valence-corrected chi connectivity index (χ2v) is 5.20. The molecule has 2 unspecified atom stereocenters. The van der Waals surface area contributed by atoms with Crippen molar-refractivity contribution in [3.05, 3.63) is 34.4 Å². The third-order valence-corrected chi connectivity index (χ3v) is 3.67. The molecule has 0 aromatic heterocycles. The first-order valence-electron chi connectivity index (χ1n) is 6.15. The Hall–Kier alpha value is -1.20. The van der Waals surface area contributed by atoms with Crippen LogP contribution in [0.4, 0.5) is 8.78 Å². The Morgan fingerprint density at radius 1 is 1.42 bits per heavy atom. The number of piperidine rings is 1. The van der Waals surface area contributed by atoms with Gasteiger partial charge in [0.25, 0.3) is 5.91 Å². The molecule has 1 amide bonds. The lowest BCUT2D eigenvalue weighted by Crippen LogP contribution is -2.48. The van der Waals surface area contributed by atoms with Crippen molar-refractivity contribution in [2.45, 2.75) is 19.4 Å². The number of hydrogen-bond acceptors (Lipinski definition) is 2. The van der Waals surface area contributed by atoms with Crippen LogP contribution < -0.4 is 10.6 Å². The maximum atomic E-state index is 13.2. The van der Waals surface area contributed by atoms with Crippen LogP contribution in [0.3, 0.4) is 0 Å². The van der Waals surface area contributed by atoms with Crippen LogP contribution in [0, 0.1) is 17.6 Å². The summed E-state index contributed by atoms with van der Waals surface area (Å²) < 4.78 is 26.1. The highest BCUT2D eigenvalue weighted by molar-refractivity contribution is 6.33. The lowest BCUT2D eigenvalue weighted by atomic mass is 9.95. The number of carbonyl (C=O) groups excluding carboxylic acids is 1. The zero-order chi connectivity index (χ0) is 14.0. The predicted molar refractivity (Wildman–Crippen MR) is 69.3 cm³/mol. The first-order chi connectivity index (χ1) is 8.99. The molecule has 1 fully saturated rings. The number of halogens is 3. The average molecular weight is 289 g/mol. The molecule has 1 saturated heterocycles. The molecule has 1 heterocycles. The first-order valence-corrected chi connectivity index (χ1v) is 6.53. The maximum absolute atomic E-state index is 13.2. The van der Waals surface area contributed by atoms with Gasteiger partial charge < -0.3 is 10.6 Å². The fraction of sp³-hybridized carbons (Fsp3) is 0.462. The minimum atomic E-state index is -1.08. The third-order valence-electron chi connectivity index (χ3n) is 3.36. The van der Waals surface area contributed by atoms with Crippen molar-refractivity contribution < 1.29 is 13.6 Å². The Bertz CT molecular complexity index is 496. The van der Waals surface area contributed by atoms with Gasteiger partial charge in [-0.15, -0.1) is 0 Å². The molecule has 0 radical (unpaired) electrons. The summed E-state index contributed by atoms with van der Waals surface area (Å²) >= 11 is 5.77. The van der Waals surface area contributed by atoms with Gasteiger partial charge >= 0.3 is 0 Å². The van der Waals surface area contributed by atoms with Gasteiger partial charge in [0, 0.05) is 6.04 Å². The molecule has 2 rings (SSSR count). The lowest BCUT2D eigenvalue weighted by Gasteiger charge is -2.30. The molecule has 0 bridgehead atoms. The number of rotatable bonds is 2. The summed E-state index contributed by atoms with van der Waals surface area (Å²) in [6.45, 7) is 3.65. The van der Waals surface area contributed by atoms with Crippen LogP contribution >= 0.6 is 11.6 Å². The second-order valence-electron chi connectivity index (χ2n) is 4.80. The predicted octanol–water partition coefficient (Wildman–Crippen LogP) is 2.35. The van der Waals surface area contributed by atoms with Gasteiger partial charge in [-0.3, -0.25) is 4.79 Å². The molecule has 0 aliphatic carbocycles. The zero-order valence-electron chi connectivity index (χ0n) is 10.5. The minimum Gasteiger partial charge on any atom is -0.349 e. The van der Waals surface area contributed by atoms with E-state index in [2.05, 4.69) is 10.6 Å². The number of amides is 1. The molecule has 1 aromatic carbocycles. The summed E-state index contributed by atoms with van der Waals surface area (Å²) in [5.41, 5.74) is -0.0358. The smallest absolute Gasteiger partial charge is 0.253 e. The van der Waals surface area contributed by atoms with Crippen molar-refractivity contribution in [2.24, 2.45) is 5.92 Å². The first kappa shape index (κ1) is 14.2. The summed E-state index contributed by atoms with van der Waals surface area (Å²) in [6, 6.07) is 1.66. The van der Waals surface area contributed by atoms with E-state index in [0.717, 1.165) is 31.6 Å². The van der Waals surface area contributed by atoms with Gasteiger partial charge in [0.05, 0.1) is 10.6 Å². The van der Waals surface area contributed by atoms with E-state index in [4.69, 9.17) is 11.6 Å². The number of benzene rings is 1. The monoisotopic (exact) mass is 288 g/mol. The van der Waals surface area contributed by atoms with Gasteiger partial charge in [-0.25, -0.2) is 8.78 Å². The number of hydrogen-bond donors (Lipinski definition) is 2. The van der Waals surface area contributed by atoms with Gasteiger partial charge in [-0.2, -0.15) is 0 Å². The maximum Gasteiger partial charge on any atom is 0.253 e. The van der Waals surface area contributed by atoms with Crippen molar-refractivity contribution in [3.63, 3.8) is 0 Å². The average Bonchev–Trinajstić information content (AvgIpc) is 2.36. The zero-order valence-corrected chi connectivity index (χ0v) is 11.2. The number of nitrogens with one attached hydrogen (secondary N) is 2. The molecular weight excluding hydrogens is 274 g/mol. The van der Waals surface area contributed by atoms with Crippen LogP contribution in [0.5, 0.6) is 0 Å². The molecule has 0 saturated carbocycles. The van der Waals surface area contributed by atoms with Crippen LogP contribution in [0.1, 0.15) is 23.7 Å². The third kappa shape index (κ3) is 3.22. The van der Waals surface area contributed by atoms with Crippen molar-refractivity contribution in [3.8, 4) is 0 Å². The van der Waals surface area contributed by atoms with E-state index in [0.29, 0.717) is 0 Å². The Kier molecular flexibility index (Phi) is 4.37. The molecule has 2 N–H and O–H groups in total. The Labute approximate surface area is 115 Å². The second kappa shape index (κ2) is 5.84. The fourth-order valence-electron chi connectivity index (χ4n) is 2.17. The van der Waals surface area contributed by atoms with Gasteiger partial charge in [0.2, 0.25) is 0 Å². The summed E-state index contributed by atoms with van der Waals surface area (Å²) in [6.07, 6.45) is 0.800. The van der Waals surface area contributed by atoms with Crippen molar-refractivity contribution in [1.82, 2.24) is 10.6 Å². The van der Waals surface area contributed by atoms with Crippen LogP contribution in [0.2, 0.25) is 5.02 Å². The molecule has 6 heteroatoms. The van der Waals surface area contributed by atoms with E-state index in [1.165, 1.54) is 0 Å². The van der Waals surface area contributed by atoms with E-state index in [1.54, 1.807) is 0 Å². The Balaban J connectivity index is 2.13. The van der Waals surface area contributed by atoms with Crippen LogP contribution in [0.15, 0.2) is 12.1 Å². The quantitative estimate of drug-likeness (QED) is 0.820. The molecule has 3 nitrogen and oxygen atoms in total. The summed E-state index contributed by atoms with van der Waals surface area (Å²) in [4.78, 5) is 12.0. The van der Waals surface area contributed by atoms with Gasteiger partial charge in [0.1, 0.15) is 0 Å².